The second-order valence-corrected chi connectivity index (χ2v) is 5.15. The van der Waals surface area contributed by atoms with Crippen LogP contribution in [0.4, 0.5) is 5.69 Å². The van der Waals surface area contributed by atoms with Gasteiger partial charge < -0.3 is 10.2 Å². The van der Waals surface area contributed by atoms with Gasteiger partial charge in [0.2, 0.25) is 0 Å². The van der Waals surface area contributed by atoms with Crippen LogP contribution in [0, 0.1) is 0 Å². The summed E-state index contributed by atoms with van der Waals surface area (Å²) in [7, 11) is 4.03. The largest absolute Gasteiger partial charge is 0.322 e. The van der Waals surface area contributed by atoms with E-state index in [1.807, 2.05) is 38.4 Å². The molecule has 0 bridgehead atoms. The lowest BCUT2D eigenvalue weighted by Crippen LogP contribution is -2.13. The number of carbonyl (C=O) groups is 1. The third-order valence-electron chi connectivity index (χ3n) is 2.72. The van der Waals surface area contributed by atoms with E-state index in [0.29, 0.717) is 10.6 Å². The van der Waals surface area contributed by atoms with Crippen LogP contribution in [0.2, 0.25) is 5.02 Å². The number of aromatic nitrogens is 1. The van der Waals surface area contributed by atoms with Gasteiger partial charge in [0, 0.05) is 24.6 Å². The highest BCUT2D eigenvalue weighted by Crippen LogP contribution is 2.16. The molecular weight excluding hydrogens is 274 g/mol. The summed E-state index contributed by atoms with van der Waals surface area (Å²) in [5.74, 6) is -0.261. The predicted octanol–water partition coefficient (Wildman–Crippen LogP) is 3.05. The fourth-order valence-corrected chi connectivity index (χ4v) is 1.99. The quantitative estimate of drug-likeness (QED) is 0.941. The van der Waals surface area contributed by atoms with Crippen molar-refractivity contribution in [1.82, 2.24) is 9.88 Å². The first-order chi connectivity index (χ1) is 9.56. The molecule has 2 rings (SSSR count). The molecule has 0 fully saturated rings. The highest BCUT2D eigenvalue weighted by Gasteiger charge is 2.10. The van der Waals surface area contributed by atoms with Crippen molar-refractivity contribution in [1.29, 1.82) is 0 Å². The van der Waals surface area contributed by atoms with Crippen molar-refractivity contribution in [3.63, 3.8) is 0 Å². The lowest BCUT2D eigenvalue weighted by Gasteiger charge is -2.11. The minimum atomic E-state index is -0.261. The fraction of sp³-hybridized carbons (Fsp3) is 0.200. The normalized spacial score (nSPS) is 10.6. The Morgan fingerprint density at radius 3 is 2.55 bits per heavy atom. The number of hydrogen-bond donors (Lipinski definition) is 1. The first kappa shape index (κ1) is 14.5. The van der Waals surface area contributed by atoms with Gasteiger partial charge in [-0.2, -0.15) is 0 Å². The summed E-state index contributed by atoms with van der Waals surface area (Å²) >= 11 is 5.96. The molecule has 104 valence electrons. The summed E-state index contributed by atoms with van der Waals surface area (Å²) in [5.41, 5.74) is 2.29. The zero-order chi connectivity index (χ0) is 14.5. The van der Waals surface area contributed by atoms with Crippen LogP contribution >= 0.6 is 11.6 Å². The number of halogens is 1. The number of nitrogens with zero attached hydrogens (tertiary/aromatic N) is 2. The SMILES string of the molecule is CN(C)Cc1ccc(NC(=O)c2cnccc2Cl)cc1. The van der Waals surface area contributed by atoms with Crippen molar-refractivity contribution in [3.8, 4) is 0 Å². The van der Waals surface area contributed by atoms with E-state index in [9.17, 15) is 4.79 Å². The van der Waals surface area contributed by atoms with Crippen LogP contribution in [0.5, 0.6) is 0 Å². The van der Waals surface area contributed by atoms with Gasteiger partial charge in [0.05, 0.1) is 10.6 Å². The van der Waals surface area contributed by atoms with Gasteiger partial charge in [-0.15, -0.1) is 0 Å². The zero-order valence-electron chi connectivity index (χ0n) is 11.4. The van der Waals surface area contributed by atoms with Gasteiger partial charge in [0.25, 0.3) is 5.91 Å². The van der Waals surface area contributed by atoms with Crippen LogP contribution < -0.4 is 5.32 Å². The van der Waals surface area contributed by atoms with Crippen LogP contribution in [0.1, 0.15) is 15.9 Å². The maximum absolute atomic E-state index is 12.1. The van der Waals surface area contributed by atoms with E-state index in [4.69, 9.17) is 11.6 Å². The Morgan fingerprint density at radius 2 is 1.95 bits per heavy atom. The topological polar surface area (TPSA) is 45.2 Å². The lowest BCUT2D eigenvalue weighted by atomic mass is 10.2. The van der Waals surface area contributed by atoms with Crippen LogP contribution in [-0.4, -0.2) is 29.9 Å². The first-order valence-electron chi connectivity index (χ1n) is 6.21. The predicted molar refractivity (Wildman–Crippen MR) is 81.0 cm³/mol. The van der Waals surface area contributed by atoms with Crippen molar-refractivity contribution in [2.24, 2.45) is 0 Å². The standard InChI is InChI=1S/C15H16ClN3O/c1-19(2)10-11-3-5-12(6-4-11)18-15(20)13-9-17-8-7-14(13)16/h3-9H,10H2,1-2H3,(H,18,20). The number of anilines is 1. The van der Waals surface area contributed by atoms with Gasteiger partial charge in [-0.25, -0.2) is 0 Å². The van der Waals surface area contributed by atoms with E-state index in [1.54, 1.807) is 12.3 Å². The molecule has 0 saturated heterocycles. The maximum atomic E-state index is 12.1. The molecule has 1 aromatic carbocycles. The van der Waals surface area contributed by atoms with E-state index in [0.717, 1.165) is 12.2 Å². The number of nitrogens with one attached hydrogen (secondary N) is 1. The van der Waals surface area contributed by atoms with Crippen molar-refractivity contribution >= 4 is 23.2 Å². The third kappa shape index (κ3) is 3.79. The minimum absolute atomic E-state index is 0.261. The van der Waals surface area contributed by atoms with E-state index in [-0.39, 0.29) is 5.91 Å². The van der Waals surface area contributed by atoms with E-state index >= 15 is 0 Å². The summed E-state index contributed by atoms with van der Waals surface area (Å²) in [6, 6.07) is 9.32. The molecule has 0 saturated carbocycles. The monoisotopic (exact) mass is 289 g/mol. The molecular formula is C15H16ClN3O. The Kier molecular flexibility index (Phi) is 4.71. The second-order valence-electron chi connectivity index (χ2n) is 4.74. The molecule has 20 heavy (non-hydrogen) atoms. The molecule has 0 aliphatic heterocycles. The highest BCUT2D eigenvalue weighted by molar-refractivity contribution is 6.34. The van der Waals surface area contributed by atoms with Crippen LogP contribution in [-0.2, 0) is 6.54 Å². The van der Waals surface area contributed by atoms with E-state index < -0.39 is 0 Å². The summed E-state index contributed by atoms with van der Waals surface area (Å²) in [5, 5.41) is 3.19. The highest BCUT2D eigenvalue weighted by atomic mass is 35.5. The molecule has 0 unspecified atom stereocenters. The number of benzene rings is 1. The average Bonchev–Trinajstić information content (AvgIpc) is 2.41. The Balaban J connectivity index is 2.07. The smallest absolute Gasteiger partial charge is 0.258 e. The molecule has 0 radical (unpaired) electrons. The molecule has 1 N–H and O–H groups in total. The molecule has 1 amide bonds. The van der Waals surface area contributed by atoms with Gasteiger partial charge in [-0.3, -0.25) is 9.78 Å². The summed E-state index contributed by atoms with van der Waals surface area (Å²) in [6.07, 6.45) is 3.01. The van der Waals surface area contributed by atoms with Gasteiger partial charge >= 0.3 is 0 Å². The Morgan fingerprint density at radius 1 is 1.25 bits per heavy atom. The summed E-state index contributed by atoms with van der Waals surface area (Å²) in [6.45, 7) is 0.864. The van der Waals surface area contributed by atoms with Crippen molar-refractivity contribution in [2.45, 2.75) is 6.54 Å². The van der Waals surface area contributed by atoms with Crippen molar-refractivity contribution in [3.05, 3.63) is 58.9 Å². The summed E-state index contributed by atoms with van der Waals surface area (Å²) < 4.78 is 0. The molecule has 1 heterocycles. The number of hydrogen-bond acceptors (Lipinski definition) is 3. The molecule has 4 nitrogen and oxygen atoms in total. The Bertz CT molecular complexity index is 596. The van der Waals surface area contributed by atoms with Gasteiger partial charge in [-0.05, 0) is 37.9 Å². The van der Waals surface area contributed by atoms with Crippen molar-refractivity contribution < 1.29 is 4.79 Å². The number of amides is 1. The van der Waals surface area contributed by atoms with Crippen molar-refractivity contribution in [2.75, 3.05) is 19.4 Å². The maximum Gasteiger partial charge on any atom is 0.258 e. The molecule has 0 spiro atoms. The van der Waals surface area contributed by atoms with Crippen LogP contribution in [0.25, 0.3) is 0 Å². The Labute approximate surface area is 123 Å². The van der Waals surface area contributed by atoms with Gasteiger partial charge in [0.15, 0.2) is 0 Å². The molecule has 1 aromatic heterocycles. The van der Waals surface area contributed by atoms with Crippen LogP contribution in [0.3, 0.4) is 0 Å². The molecule has 2 aromatic rings. The summed E-state index contributed by atoms with van der Waals surface area (Å²) in [4.78, 5) is 18.0. The molecule has 5 heteroatoms. The second kappa shape index (κ2) is 6.50. The first-order valence-corrected chi connectivity index (χ1v) is 6.58. The fourth-order valence-electron chi connectivity index (χ4n) is 1.80. The molecule has 0 aliphatic rings. The molecule has 0 aliphatic carbocycles. The van der Waals surface area contributed by atoms with Crippen LogP contribution in [0.15, 0.2) is 42.7 Å². The number of rotatable bonds is 4. The number of pyridine rings is 1. The van der Waals surface area contributed by atoms with E-state index in [1.165, 1.54) is 11.8 Å². The minimum Gasteiger partial charge on any atom is -0.322 e. The zero-order valence-corrected chi connectivity index (χ0v) is 12.2. The average molecular weight is 290 g/mol. The third-order valence-corrected chi connectivity index (χ3v) is 3.05. The molecule has 0 atom stereocenters. The lowest BCUT2D eigenvalue weighted by molar-refractivity contribution is 0.102. The van der Waals surface area contributed by atoms with E-state index in [2.05, 4.69) is 15.2 Å². The Hall–Kier alpha value is -1.91. The number of carbonyl (C=O) groups excluding carboxylic acids is 1. The van der Waals surface area contributed by atoms with Gasteiger partial charge in [0.1, 0.15) is 0 Å². The van der Waals surface area contributed by atoms with Gasteiger partial charge in [-0.1, -0.05) is 23.7 Å².